The summed E-state index contributed by atoms with van der Waals surface area (Å²) in [4.78, 5) is 7.33. The van der Waals surface area contributed by atoms with Gasteiger partial charge in [-0.3, -0.25) is 4.98 Å². The quantitative estimate of drug-likeness (QED) is 0.794. The van der Waals surface area contributed by atoms with Gasteiger partial charge in [0.05, 0.1) is 5.56 Å². The second-order valence-electron chi connectivity index (χ2n) is 4.37. The molecule has 0 spiro atoms. The predicted octanol–water partition coefficient (Wildman–Crippen LogP) is 3.17. The lowest BCUT2D eigenvalue weighted by Crippen LogP contribution is -1.98. The van der Waals surface area contributed by atoms with Crippen molar-refractivity contribution in [1.82, 2.24) is 9.97 Å². The van der Waals surface area contributed by atoms with Gasteiger partial charge < -0.3 is 4.98 Å². The van der Waals surface area contributed by atoms with Crippen LogP contribution >= 0.6 is 12.2 Å². The standard InChI is InChI=1S/C14H11N3S/c15-7-11-13(9-3-2-6-16-8-9)10-4-1-5-12(10)17-14(11)18/h2-3,6,8H,1,4-5H2,(H,17,18). The zero-order valence-electron chi connectivity index (χ0n) is 9.73. The molecule has 0 saturated heterocycles. The topological polar surface area (TPSA) is 52.5 Å². The van der Waals surface area contributed by atoms with E-state index in [1.54, 1.807) is 12.4 Å². The summed E-state index contributed by atoms with van der Waals surface area (Å²) in [5.41, 5.74) is 4.93. The van der Waals surface area contributed by atoms with Crippen molar-refractivity contribution >= 4 is 12.2 Å². The van der Waals surface area contributed by atoms with Crippen LogP contribution in [0.25, 0.3) is 11.1 Å². The van der Waals surface area contributed by atoms with Gasteiger partial charge in [-0.2, -0.15) is 5.26 Å². The number of pyridine rings is 2. The Balaban J connectivity index is 2.38. The lowest BCUT2D eigenvalue weighted by Gasteiger charge is -2.10. The van der Waals surface area contributed by atoms with Crippen LogP contribution in [0.3, 0.4) is 0 Å². The van der Waals surface area contributed by atoms with Gasteiger partial charge in [0.2, 0.25) is 0 Å². The van der Waals surface area contributed by atoms with Crippen LogP contribution in [0.15, 0.2) is 24.5 Å². The minimum Gasteiger partial charge on any atom is -0.349 e. The van der Waals surface area contributed by atoms with Crippen LogP contribution in [0, 0.1) is 16.0 Å². The van der Waals surface area contributed by atoms with E-state index in [-0.39, 0.29) is 0 Å². The summed E-state index contributed by atoms with van der Waals surface area (Å²) in [6, 6.07) is 6.10. The molecular weight excluding hydrogens is 242 g/mol. The Morgan fingerprint density at radius 2 is 2.28 bits per heavy atom. The van der Waals surface area contributed by atoms with Crippen molar-refractivity contribution in [2.45, 2.75) is 19.3 Å². The van der Waals surface area contributed by atoms with Gasteiger partial charge in [0, 0.05) is 29.2 Å². The van der Waals surface area contributed by atoms with Crippen molar-refractivity contribution in [3.63, 3.8) is 0 Å². The smallest absolute Gasteiger partial charge is 0.122 e. The zero-order chi connectivity index (χ0) is 12.5. The maximum atomic E-state index is 9.33. The predicted molar refractivity (Wildman–Crippen MR) is 71.6 cm³/mol. The number of H-pyrrole nitrogens is 1. The Morgan fingerprint density at radius 3 is 3.00 bits per heavy atom. The number of aromatic nitrogens is 2. The molecule has 4 heteroatoms. The molecule has 0 bridgehead atoms. The first-order chi connectivity index (χ1) is 8.81. The zero-order valence-corrected chi connectivity index (χ0v) is 10.5. The average Bonchev–Trinajstić information content (AvgIpc) is 2.85. The van der Waals surface area contributed by atoms with Gasteiger partial charge in [0.15, 0.2) is 0 Å². The second kappa shape index (κ2) is 4.35. The van der Waals surface area contributed by atoms with Crippen LogP contribution in [0.1, 0.15) is 23.2 Å². The van der Waals surface area contributed by atoms with E-state index in [9.17, 15) is 5.26 Å². The maximum absolute atomic E-state index is 9.33. The number of nitrogens with zero attached hydrogens (tertiary/aromatic N) is 2. The fourth-order valence-corrected chi connectivity index (χ4v) is 2.83. The third kappa shape index (κ3) is 1.64. The SMILES string of the molecule is N#Cc1c(-c2cccnc2)c2c([nH]c1=S)CCC2. The molecule has 0 amide bonds. The number of aromatic amines is 1. The normalized spacial score (nSPS) is 13.1. The minimum atomic E-state index is 0.539. The van der Waals surface area contributed by atoms with Crippen LogP contribution in [-0.4, -0.2) is 9.97 Å². The highest BCUT2D eigenvalue weighted by molar-refractivity contribution is 7.71. The lowest BCUT2D eigenvalue weighted by atomic mass is 9.97. The van der Waals surface area contributed by atoms with Gasteiger partial charge >= 0.3 is 0 Å². The molecule has 0 unspecified atom stereocenters. The van der Waals surface area contributed by atoms with Gasteiger partial charge in [-0.1, -0.05) is 18.3 Å². The summed E-state index contributed by atoms with van der Waals surface area (Å²) >= 11 is 5.28. The molecule has 0 radical (unpaired) electrons. The largest absolute Gasteiger partial charge is 0.349 e. The molecule has 2 heterocycles. The Hall–Kier alpha value is -1.99. The van der Waals surface area contributed by atoms with Crippen molar-refractivity contribution in [2.75, 3.05) is 0 Å². The Labute approximate surface area is 110 Å². The first kappa shape index (κ1) is 11.1. The summed E-state index contributed by atoms with van der Waals surface area (Å²) in [5.74, 6) is 0. The van der Waals surface area contributed by atoms with E-state index in [4.69, 9.17) is 12.2 Å². The molecule has 0 aliphatic heterocycles. The van der Waals surface area contributed by atoms with E-state index in [0.29, 0.717) is 10.2 Å². The molecule has 3 nitrogen and oxygen atoms in total. The van der Waals surface area contributed by atoms with E-state index < -0.39 is 0 Å². The Morgan fingerprint density at radius 1 is 1.39 bits per heavy atom. The first-order valence-electron chi connectivity index (χ1n) is 5.90. The monoisotopic (exact) mass is 253 g/mol. The van der Waals surface area contributed by atoms with Crippen molar-refractivity contribution in [3.8, 4) is 17.2 Å². The summed E-state index contributed by atoms with van der Waals surface area (Å²) in [6.45, 7) is 0. The van der Waals surface area contributed by atoms with Crippen LogP contribution in [0.4, 0.5) is 0 Å². The van der Waals surface area contributed by atoms with E-state index in [2.05, 4.69) is 16.0 Å². The van der Waals surface area contributed by atoms with Crippen molar-refractivity contribution in [2.24, 2.45) is 0 Å². The summed E-state index contributed by atoms with van der Waals surface area (Å²) in [6.07, 6.45) is 6.66. The van der Waals surface area contributed by atoms with Gasteiger partial charge in [-0.25, -0.2) is 0 Å². The number of nitriles is 1. The van der Waals surface area contributed by atoms with Crippen LogP contribution in [-0.2, 0) is 12.8 Å². The van der Waals surface area contributed by atoms with E-state index in [0.717, 1.165) is 30.4 Å². The number of nitrogens with one attached hydrogen (secondary N) is 1. The van der Waals surface area contributed by atoms with E-state index in [1.165, 1.54) is 11.3 Å². The fourth-order valence-electron chi connectivity index (χ4n) is 2.56. The highest BCUT2D eigenvalue weighted by Gasteiger charge is 2.20. The van der Waals surface area contributed by atoms with Crippen molar-refractivity contribution < 1.29 is 0 Å². The Bertz CT molecular complexity index is 695. The molecular formula is C14H11N3S. The summed E-state index contributed by atoms with van der Waals surface area (Å²) in [5, 5.41) is 9.33. The highest BCUT2D eigenvalue weighted by Crippen LogP contribution is 2.33. The maximum Gasteiger partial charge on any atom is 0.122 e. The average molecular weight is 253 g/mol. The lowest BCUT2D eigenvalue weighted by molar-refractivity contribution is 0.899. The molecule has 2 aromatic heterocycles. The van der Waals surface area contributed by atoms with Gasteiger partial charge in [0.25, 0.3) is 0 Å². The molecule has 1 aliphatic rings. The number of aryl methyl sites for hydroxylation is 1. The molecule has 3 rings (SSSR count). The van der Waals surface area contributed by atoms with Gasteiger partial charge in [-0.05, 0) is 30.9 Å². The third-order valence-corrected chi connectivity index (χ3v) is 3.63. The number of fused-ring (bicyclic) bond motifs is 1. The molecule has 0 atom stereocenters. The number of hydrogen-bond acceptors (Lipinski definition) is 3. The van der Waals surface area contributed by atoms with Gasteiger partial charge in [0.1, 0.15) is 10.7 Å². The second-order valence-corrected chi connectivity index (χ2v) is 4.78. The van der Waals surface area contributed by atoms with E-state index >= 15 is 0 Å². The molecule has 2 aromatic rings. The van der Waals surface area contributed by atoms with Crippen LogP contribution in [0.2, 0.25) is 0 Å². The molecule has 0 fully saturated rings. The molecule has 1 aliphatic carbocycles. The Kier molecular flexibility index (Phi) is 2.69. The summed E-state index contributed by atoms with van der Waals surface area (Å²) in [7, 11) is 0. The third-order valence-electron chi connectivity index (χ3n) is 3.32. The van der Waals surface area contributed by atoms with E-state index in [1.807, 2.05) is 12.1 Å². The van der Waals surface area contributed by atoms with Gasteiger partial charge in [-0.15, -0.1) is 0 Å². The van der Waals surface area contributed by atoms with Crippen LogP contribution in [0.5, 0.6) is 0 Å². The molecule has 0 saturated carbocycles. The van der Waals surface area contributed by atoms with Crippen molar-refractivity contribution in [3.05, 3.63) is 46.0 Å². The number of rotatable bonds is 1. The molecule has 18 heavy (non-hydrogen) atoms. The number of hydrogen-bond donors (Lipinski definition) is 1. The fraction of sp³-hybridized carbons (Fsp3) is 0.214. The molecule has 88 valence electrons. The minimum absolute atomic E-state index is 0.539. The summed E-state index contributed by atoms with van der Waals surface area (Å²) < 4.78 is 0.539. The first-order valence-corrected chi connectivity index (χ1v) is 6.30. The highest BCUT2D eigenvalue weighted by atomic mass is 32.1. The molecule has 1 N–H and O–H groups in total. The van der Waals surface area contributed by atoms with Crippen LogP contribution < -0.4 is 0 Å². The molecule has 0 aromatic carbocycles. The van der Waals surface area contributed by atoms with Crippen molar-refractivity contribution in [1.29, 1.82) is 5.26 Å².